The molecule has 1 aromatic heterocycles. The number of rotatable bonds is 6. The Labute approximate surface area is 193 Å². The van der Waals surface area contributed by atoms with Crippen LogP contribution in [-0.4, -0.2) is 76.1 Å². The maximum absolute atomic E-state index is 12.9. The van der Waals surface area contributed by atoms with E-state index in [0.717, 1.165) is 45.6 Å². The molecule has 0 bridgehead atoms. The van der Waals surface area contributed by atoms with Gasteiger partial charge in [0.2, 0.25) is 11.8 Å². The summed E-state index contributed by atoms with van der Waals surface area (Å²) in [6, 6.07) is 9.28. The number of nitrogens with zero attached hydrogens (tertiary/aromatic N) is 4. The minimum absolute atomic E-state index is 0.0237. The Hall–Kier alpha value is -3.20. The molecule has 0 aliphatic carbocycles. The van der Waals surface area contributed by atoms with Crippen LogP contribution in [0.4, 0.5) is 5.69 Å². The van der Waals surface area contributed by atoms with Gasteiger partial charge in [-0.05, 0) is 43.5 Å². The molecule has 0 radical (unpaired) electrons. The van der Waals surface area contributed by atoms with E-state index in [1.807, 2.05) is 41.6 Å². The van der Waals surface area contributed by atoms with Crippen LogP contribution in [0.5, 0.6) is 0 Å². The first kappa shape index (κ1) is 21.6. The highest BCUT2D eigenvalue weighted by Gasteiger charge is 2.33. The Balaban J connectivity index is 1.08. The number of carbonyl (C=O) groups excluding carboxylic acids is 3. The van der Waals surface area contributed by atoms with Crippen molar-refractivity contribution in [2.24, 2.45) is 5.92 Å². The number of hydrogen-bond acceptors (Lipinski definition) is 6. The zero-order valence-corrected chi connectivity index (χ0v) is 18.7. The number of anilines is 1. The minimum atomic E-state index is -0.459. The van der Waals surface area contributed by atoms with E-state index in [2.05, 4.69) is 25.3 Å². The lowest BCUT2D eigenvalue weighted by Crippen LogP contribution is -2.54. The van der Waals surface area contributed by atoms with Crippen molar-refractivity contribution in [3.05, 3.63) is 48.3 Å². The largest absolute Gasteiger partial charge is 0.374 e. The molecule has 0 saturated carbocycles. The van der Waals surface area contributed by atoms with E-state index in [0.29, 0.717) is 36.1 Å². The fraction of sp³-hybridized carbons (Fsp3) is 0.500. The van der Waals surface area contributed by atoms with Crippen molar-refractivity contribution in [2.75, 3.05) is 38.0 Å². The normalized spacial score (nSPS) is 22.7. The van der Waals surface area contributed by atoms with Crippen LogP contribution in [0.3, 0.4) is 0 Å². The lowest BCUT2D eigenvalue weighted by molar-refractivity contribution is -0.133. The standard InChI is InChI=1S/C24H30N6O3/c31-22-6-5-21(23(32)27-22)26-19-4-1-3-18(13-19)24(33)29-15-17(16-29)14-28-11-7-20(8-12-28)30-10-2-9-25-30/h1-4,9-10,13,17,20-21,26H,5-8,11-12,14-16H2,(H,27,31,32). The highest BCUT2D eigenvalue weighted by Crippen LogP contribution is 2.26. The van der Waals surface area contributed by atoms with Gasteiger partial charge >= 0.3 is 0 Å². The first-order chi connectivity index (χ1) is 16.0. The lowest BCUT2D eigenvalue weighted by atomic mass is 9.96. The number of hydrogen-bond donors (Lipinski definition) is 2. The summed E-state index contributed by atoms with van der Waals surface area (Å²) in [4.78, 5) is 40.7. The fourth-order valence-corrected chi connectivity index (χ4v) is 5.04. The molecule has 2 N–H and O–H groups in total. The molecule has 3 aliphatic heterocycles. The molecule has 3 fully saturated rings. The van der Waals surface area contributed by atoms with Gasteiger partial charge in [0, 0.05) is 68.7 Å². The summed E-state index contributed by atoms with van der Waals surface area (Å²) < 4.78 is 2.07. The molecule has 5 rings (SSSR count). The number of nitrogens with one attached hydrogen (secondary N) is 2. The maximum Gasteiger partial charge on any atom is 0.253 e. The van der Waals surface area contributed by atoms with Gasteiger partial charge in [0.15, 0.2) is 0 Å². The number of amides is 3. The summed E-state index contributed by atoms with van der Waals surface area (Å²) >= 11 is 0. The van der Waals surface area contributed by atoms with E-state index in [1.165, 1.54) is 0 Å². The molecule has 3 saturated heterocycles. The van der Waals surface area contributed by atoms with Crippen molar-refractivity contribution in [1.82, 2.24) is 24.9 Å². The molecule has 4 heterocycles. The smallest absolute Gasteiger partial charge is 0.253 e. The van der Waals surface area contributed by atoms with Gasteiger partial charge < -0.3 is 15.1 Å². The van der Waals surface area contributed by atoms with Crippen LogP contribution in [-0.2, 0) is 9.59 Å². The average molecular weight is 451 g/mol. The first-order valence-electron chi connectivity index (χ1n) is 11.8. The molecule has 1 aromatic carbocycles. The van der Waals surface area contributed by atoms with Crippen LogP contribution in [0.1, 0.15) is 42.1 Å². The summed E-state index contributed by atoms with van der Waals surface area (Å²) in [7, 11) is 0. The molecule has 174 valence electrons. The second kappa shape index (κ2) is 9.35. The molecular formula is C24H30N6O3. The number of aromatic nitrogens is 2. The van der Waals surface area contributed by atoms with Gasteiger partial charge in [0.25, 0.3) is 5.91 Å². The van der Waals surface area contributed by atoms with Crippen LogP contribution in [0.15, 0.2) is 42.7 Å². The van der Waals surface area contributed by atoms with Gasteiger partial charge in [0.05, 0.1) is 6.04 Å². The summed E-state index contributed by atoms with van der Waals surface area (Å²) in [5, 5.41) is 9.87. The van der Waals surface area contributed by atoms with E-state index in [-0.39, 0.29) is 17.7 Å². The van der Waals surface area contributed by atoms with Crippen molar-refractivity contribution in [1.29, 1.82) is 0 Å². The Bertz CT molecular complexity index is 1010. The highest BCUT2D eigenvalue weighted by molar-refractivity contribution is 6.01. The third kappa shape index (κ3) is 4.93. The van der Waals surface area contributed by atoms with Crippen molar-refractivity contribution < 1.29 is 14.4 Å². The minimum Gasteiger partial charge on any atom is -0.374 e. The predicted molar refractivity (Wildman–Crippen MR) is 123 cm³/mol. The maximum atomic E-state index is 12.9. The summed E-state index contributed by atoms with van der Waals surface area (Å²) in [5.41, 5.74) is 1.33. The van der Waals surface area contributed by atoms with Crippen LogP contribution >= 0.6 is 0 Å². The Kier molecular flexibility index (Phi) is 6.13. The Morgan fingerprint density at radius 3 is 2.67 bits per heavy atom. The van der Waals surface area contributed by atoms with E-state index in [9.17, 15) is 14.4 Å². The molecule has 2 aromatic rings. The van der Waals surface area contributed by atoms with Gasteiger partial charge in [0.1, 0.15) is 6.04 Å². The number of benzene rings is 1. The summed E-state index contributed by atoms with van der Waals surface area (Å²) in [5.74, 6) is -0.0191. The zero-order chi connectivity index (χ0) is 22.8. The molecule has 0 spiro atoms. The molecule has 9 heteroatoms. The van der Waals surface area contributed by atoms with Crippen LogP contribution in [0.2, 0.25) is 0 Å². The highest BCUT2D eigenvalue weighted by atomic mass is 16.2. The van der Waals surface area contributed by atoms with Gasteiger partial charge in [-0.25, -0.2) is 0 Å². The lowest BCUT2D eigenvalue weighted by Gasteiger charge is -2.43. The molecule has 3 aliphatic rings. The summed E-state index contributed by atoms with van der Waals surface area (Å²) in [6.45, 7) is 4.74. The zero-order valence-electron chi connectivity index (χ0n) is 18.7. The SMILES string of the molecule is O=C1CCC(Nc2cccc(C(=O)N3CC(CN4CCC(n5cccn5)CC4)C3)c2)C(=O)N1. The van der Waals surface area contributed by atoms with E-state index >= 15 is 0 Å². The average Bonchev–Trinajstić information content (AvgIpc) is 3.33. The quantitative estimate of drug-likeness (QED) is 0.648. The molecule has 33 heavy (non-hydrogen) atoms. The third-order valence-electron chi connectivity index (χ3n) is 6.91. The van der Waals surface area contributed by atoms with Crippen LogP contribution in [0, 0.1) is 5.92 Å². The van der Waals surface area contributed by atoms with Crippen LogP contribution in [0.25, 0.3) is 0 Å². The van der Waals surface area contributed by atoms with Crippen molar-refractivity contribution in [3.8, 4) is 0 Å². The number of piperidine rings is 2. The molecule has 3 amide bonds. The monoisotopic (exact) mass is 450 g/mol. The molecular weight excluding hydrogens is 420 g/mol. The van der Waals surface area contributed by atoms with Gasteiger partial charge in [-0.1, -0.05) is 6.07 Å². The second-order valence-corrected chi connectivity index (χ2v) is 9.32. The summed E-state index contributed by atoms with van der Waals surface area (Å²) in [6.07, 6.45) is 6.89. The molecule has 1 unspecified atom stereocenters. The van der Waals surface area contributed by atoms with Crippen LogP contribution < -0.4 is 10.6 Å². The van der Waals surface area contributed by atoms with E-state index in [1.54, 1.807) is 6.07 Å². The second-order valence-electron chi connectivity index (χ2n) is 9.32. The molecule has 1 atom stereocenters. The Morgan fingerprint density at radius 2 is 1.94 bits per heavy atom. The number of likely N-dealkylation sites (tertiary alicyclic amines) is 2. The fourth-order valence-electron chi connectivity index (χ4n) is 5.04. The van der Waals surface area contributed by atoms with Crippen molar-refractivity contribution in [2.45, 2.75) is 37.8 Å². The number of imide groups is 1. The van der Waals surface area contributed by atoms with E-state index in [4.69, 9.17) is 0 Å². The van der Waals surface area contributed by atoms with Gasteiger partial charge in [-0.3, -0.25) is 24.4 Å². The van der Waals surface area contributed by atoms with Crippen molar-refractivity contribution >= 4 is 23.4 Å². The van der Waals surface area contributed by atoms with E-state index < -0.39 is 6.04 Å². The van der Waals surface area contributed by atoms with Crippen molar-refractivity contribution in [3.63, 3.8) is 0 Å². The first-order valence-corrected chi connectivity index (χ1v) is 11.8. The topological polar surface area (TPSA) is 99.6 Å². The number of carbonyl (C=O) groups is 3. The Morgan fingerprint density at radius 1 is 1.12 bits per heavy atom. The predicted octanol–water partition coefficient (Wildman–Crippen LogP) is 1.51. The van der Waals surface area contributed by atoms with Gasteiger partial charge in [-0.15, -0.1) is 0 Å². The van der Waals surface area contributed by atoms with Gasteiger partial charge in [-0.2, -0.15) is 5.10 Å². The molecule has 9 nitrogen and oxygen atoms in total. The third-order valence-corrected chi connectivity index (χ3v) is 6.91.